The minimum absolute atomic E-state index is 0.0727. The van der Waals surface area contributed by atoms with Gasteiger partial charge in [-0.25, -0.2) is 4.90 Å². The van der Waals surface area contributed by atoms with E-state index in [2.05, 4.69) is 4.90 Å². The third-order valence-electron chi connectivity index (χ3n) is 4.93. The Bertz CT molecular complexity index is 945. The number of amides is 2. The lowest BCUT2D eigenvalue weighted by atomic mass is 9.93. The lowest BCUT2D eigenvalue weighted by molar-refractivity contribution is -0.113. The van der Waals surface area contributed by atoms with Crippen LogP contribution in [0.1, 0.15) is 29.8 Å². The Kier molecular flexibility index (Phi) is 4.96. The van der Waals surface area contributed by atoms with Crippen LogP contribution >= 0.6 is 11.6 Å². The van der Waals surface area contributed by atoms with E-state index in [0.717, 1.165) is 0 Å². The summed E-state index contributed by atoms with van der Waals surface area (Å²) in [6.45, 7) is 5.42. The largest absolute Gasteiger partial charge is 0.372 e. The zero-order valence-electron chi connectivity index (χ0n) is 15.8. The summed E-state index contributed by atoms with van der Waals surface area (Å²) < 4.78 is 5.79. The average Bonchev–Trinajstić information content (AvgIpc) is 2.66. The highest BCUT2D eigenvalue weighted by Crippen LogP contribution is 2.33. The Morgan fingerprint density at radius 1 is 0.929 bits per heavy atom. The molecule has 2 amide bonds. The minimum atomic E-state index is -0.335. The first-order valence-electron chi connectivity index (χ1n) is 9.29. The van der Waals surface area contributed by atoms with Crippen LogP contribution in [0.15, 0.2) is 54.7 Å². The zero-order chi connectivity index (χ0) is 19.8. The summed E-state index contributed by atoms with van der Waals surface area (Å²) in [6.07, 6.45) is 2.01. The molecule has 2 atom stereocenters. The molecule has 2 aliphatic rings. The number of fused-ring (bicyclic) bond motifs is 1. The predicted octanol–water partition coefficient (Wildman–Crippen LogP) is 3.98. The third-order valence-corrected chi connectivity index (χ3v) is 5.18. The van der Waals surface area contributed by atoms with Gasteiger partial charge in [-0.1, -0.05) is 29.8 Å². The SMILES string of the molecule is CC1CN(C=C2C(=O)N(c3ccc(Cl)cc3)C(=O)c3ccccc32)CC(C)O1. The third kappa shape index (κ3) is 3.43. The Labute approximate surface area is 169 Å². The van der Waals surface area contributed by atoms with Crippen molar-refractivity contribution in [2.75, 3.05) is 18.0 Å². The molecule has 2 aromatic rings. The topological polar surface area (TPSA) is 49.9 Å². The van der Waals surface area contributed by atoms with Gasteiger partial charge >= 0.3 is 0 Å². The maximum absolute atomic E-state index is 13.4. The van der Waals surface area contributed by atoms with Crippen LogP contribution in [0.2, 0.25) is 5.02 Å². The first-order valence-corrected chi connectivity index (χ1v) is 9.67. The van der Waals surface area contributed by atoms with Crippen LogP contribution in [-0.4, -0.2) is 42.0 Å². The molecule has 144 valence electrons. The monoisotopic (exact) mass is 396 g/mol. The molecule has 1 saturated heterocycles. The van der Waals surface area contributed by atoms with Crippen molar-refractivity contribution in [3.63, 3.8) is 0 Å². The second-order valence-corrected chi connectivity index (χ2v) is 7.66. The fourth-order valence-corrected chi connectivity index (χ4v) is 3.93. The summed E-state index contributed by atoms with van der Waals surface area (Å²) >= 11 is 5.97. The number of hydrogen-bond acceptors (Lipinski definition) is 4. The molecule has 0 saturated carbocycles. The van der Waals surface area contributed by atoms with Gasteiger partial charge in [-0.05, 0) is 44.2 Å². The Morgan fingerprint density at radius 2 is 1.54 bits per heavy atom. The van der Waals surface area contributed by atoms with E-state index in [1.807, 2.05) is 38.2 Å². The standard InChI is InChI=1S/C22H21ClN2O3/c1-14-11-24(12-15(2)28-14)13-20-18-5-3-4-6-19(18)21(26)25(22(20)27)17-9-7-16(23)8-10-17/h3-10,13-15H,11-12H2,1-2H3. The number of halogens is 1. The molecule has 0 N–H and O–H groups in total. The molecule has 0 aliphatic carbocycles. The maximum atomic E-state index is 13.4. The van der Waals surface area contributed by atoms with E-state index < -0.39 is 0 Å². The molecule has 2 aromatic carbocycles. The van der Waals surface area contributed by atoms with Crippen molar-refractivity contribution in [1.82, 2.24) is 4.90 Å². The van der Waals surface area contributed by atoms with E-state index in [-0.39, 0.29) is 24.0 Å². The molecule has 4 rings (SSSR count). The zero-order valence-corrected chi connectivity index (χ0v) is 16.5. The van der Waals surface area contributed by atoms with Crippen LogP contribution in [0.25, 0.3) is 5.57 Å². The van der Waals surface area contributed by atoms with Gasteiger partial charge in [0.2, 0.25) is 0 Å². The fourth-order valence-electron chi connectivity index (χ4n) is 3.81. The van der Waals surface area contributed by atoms with Crippen LogP contribution < -0.4 is 4.90 Å². The number of imide groups is 1. The van der Waals surface area contributed by atoms with Crippen molar-refractivity contribution in [1.29, 1.82) is 0 Å². The van der Waals surface area contributed by atoms with Crippen LogP contribution in [0, 0.1) is 0 Å². The number of rotatable bonds is 2. The van der Waals surface area contributed by atoms with Gasteiger partial charge in [0, 0.05) is 35.4 Å². The van der Waals surface area contributed by atoms with E-state index in [1.165, 1.54) is 4.90 Å². The second-order valence-electron chi connectivity index (χ2n) is 7.22. The Morgan fingerprint density at radius 3 is 2.18 bits per heavy atom. The number of carbonyl (C=O) groups excluding carboxylic acids is 2. The van der Waals surface area contributed by atoms with Crippen molar-refractivity contribution in [3.05, 3.63) is 70.9 Å². The van der Waals surface area contributed by atoms with Crippen molar-refractivity contribution in [2.45, 2.75) is 26.1 Å². The lowest BCUT2D eigenvalue weighted by Crippen LogP contribution is -2.45. The lowest BCUT2D eigenvalue weighted by Gasteiger charge is -2.36. The smallest absolute Gasteiger partial charge is 0.267 e. The number of anilines is 1. The first-order chi connectivity index (χ1) is 13.4. The van der Waals surface area contributed by atoms with Gasteiger partial charge in [-0.2, -0.15) is 0 Å². The number of morpholine rings is 1. The molecule has 28 heavy (non-hydrogen) atoms. The summed E-state index contributed by atoms with van der Waals surface area (Å²) in [5.41, 5.74) is 2.18. The average molecular weight is 397 g/mol. The van der Waals surface area contributed by atoms with Crippen LogP contribution in [0.3, 0.4) is 0 Å². The van der Waals surface area contributed by atoms with E-state index in [4.69, 9.17) is 16.3 Å². The number of ether oxygens (including phenoxy) is 1. The molecule has 0 aromatic heterocycles. The van der Waals surface area contributed by atoms with Gasteiger partial charge in [-0.15, -0.1) is 0 Å². The summed E-state index contributed by atoms with van der Waals surface area (Å²) in [5.74, 6) is -0.665. The number of benzene rings is 2. The van der Waals surface area contributed by atoms with Crippen molar-refractivity contribution >= 4 is 34.7 Å². The first kappa shape index (κ1) is 18.7. The van der Waals surface area contributed by atoms with Gasteiger partial charge in [0.1, 0.15) is 0 Å². The molecular formula is C22H21ClN2O3. The normalized spacial score (nSPS) is 23.9. The molecule has 0 spiro atoms. The van der Waals surface area contributed by atoms with Crippen molar-refractivity contribution in [3.8, 4) is 0 Å². The van der Waals surface area contributed by atoms with E-state index in [0.29, 0.717) is 40.5 Å². The number of hydrogen-bond donors (Lipinski definition) is 0. The highest BCUT2D eigenvalue weighted by Gasteiger charge is 2.36. The molecule has 2 aliphatic heterocycles. The predicted molar refractivity (Wildman–Crippen MR) is 109 cm³/mol. The Balaban J connectivity index is 1.79. The molecule has 6 heteroatoms. The van der Waals surface area contributed by atoms with Crippen molar-refractivity contribution in [2.24, 2.45) is 0 Å². The second kappa shape index (κ2) is 7.41. The van der Waals surface area contributed by atoms with Crippen molar-refractivity contribution < 1.29 is 14.3 Å². The summed E-state index contributed by atoms with van der Waals surface area (Å²) in [7, 11) is 0. The minimum Gasteiger partial charge on any atom is -0.372 e. The van der Waals surface area contributed by atoms with Crippen LogP contribution in [0.4, 0.5) is 5.69 Å². The van der Waals surface area contributed by atoms with Gasteiger partial charge in [0.05, 0.1) is 23.5 Å². The fraction of sp³-hybridized carbons (Fsp3) is 0.273. The molecule has 1 fully saturated rings. The van der Waals surface area contributed by atoms with E-state index in [1.54, 1.807) is 30.3 Å². The molecular weight excluding hydrogens is 376 g/mol. The maximum Gasteiger partial charge on any atom is 0.267 e. The highest BCUT2D eigenvalue weighted by molar-refractivity contribution is 6.41. The summed E-state index contributed by atoms with van der Waals surface area (Å²) in [4.78, 5) is 29.7. The molecule has 0 radical (unpaired) electrons. The van der Waals surface area contributed by atoms with Gasteiger partial charge in [0.25, 0.3) is 11.8 Å². The molecule has 0 bridgehead atoms. The van der Waals surface area contributed by atoms with E-state index in [9.17, 15) is 9.59 Å². The summed E-state index contributed by atoms with van der Waals surface area (Å²) in [5, 5.41) is 0.549. The molecule has 2 unspecified atom stereocenters. The van der Waals surface area contributed by atoms with Gasteiger partial charge < -0.3 is 9.64 Å². The van der Waals surface area contributed by atoms with Gasteiger partial charge in [-0.3, -0.25) is 9.59 Å². The van der Waals surface area contributed by atoms with E-state index >= 15 is 0 Å². The number of nitrogens with zero attached hydrogens (tertiary/aromatic N) is 2. The Hall–Kier alpha value is -2.63. The summed E-state index contributed by atoms with van der Waals surface area (Å²) in [6, 6.07) is 13.9. The van der Waals surface area contributed by atoms with Crippen LogP contribution in [0.5, 0.6) is 0 Å². The van der Waals surface area contributed by atoms with Gasteiger partial charge in [0.15, 0.2) is 0 Å². The quantitative estimate of drug-likeness (QED) is 0.569. The molecule has 2 heterocycles. The highest BCUT2D eigenvalue weighted by atomic mass is 35.5. The number of carbonyl (C=O) groups is 2. The van der Waals surface area contributed by atoms with Crippen LogP contribution in [-0.2, 0) is 9.53 Å². The molecule has 5 nitrogen and oxygen atoms in total.